The molecule has 2 atom stereocenters. The molecule has 2 aromatic carbocycles. The molecule has 2 nitrogen and oxygen atoms in total. The molecule has 0 spiro atoms. The standard InChI is InChI=1S/C24H32O2Si2/c1-3-27(19-21-11-7-5-8-12-21)25-23-15-17-24(18-16-23)26-28(4-2)20-22-13-9-6-10-14-22/h3-14,23-24,27-28H,1-2,15-20H2. The van der Waals surface area contributed by atoms with Crippen LogP contribution in [-0.2, 0) is 20.9 Å². The van der Waals surface area contributed by atoms with Gasteiger partial charge in [-0.2, -0.15) is 0 Å². The van der Waals surface area contributed by atoms with Crippen LogP contribution < -0.4 is 0 Å². The molecule has 0 saturated heterocycles. The van der Waals surface area contributed by atoms with Crippen molar-refractivity contribution in [3.63, 3.8) is 0 Å². The summed E-state index contributed by atoms with van der Waals surface area (Å²) < 4.78 is 13.0. The summed E-state index contributed by atoms with van der Waals surface area (Å²) in [5, 5.41) is 0. The Bertz CT molecular complexity index is 648. The van der Waals surface area contributed by atoms with Crippen molar-refractivity contribution in [2.24, 2.45) is 0 Å². The van der Waals surface area contributed by atoms with Gasteiger partial charge < -0.3 is 8.85 Å². The van der Waals surface area contributed by atoms with Crippen LogP contribution >= 0.6 is 0 Å². The monoisotopic (exact) mass is 408 g/mol. The smallest absolute Gasteiger partial charge is 0.205 e. The Morgan fingerprint density at radius 1 is 0.679 bits per heavy atom. The average Bonchev–Trinajstić information content (AvgIpc) is 2.75. The first-order chi connectivity index (χ1) is 13.8. The average molecular weight is 409 g/mol. The van der Waals surface area contributed by atoms with Crippen molar-refractivity contribution in [1.82, 2.24) is 0 Å². The molecule has 1 aliphatic rings. The Labute approximate surface area is 173 Å². The summed E-state index contributed by atoms with van der Waals surface area (Å²) in [6.45, 7) is 8.07. The van der Waals surface area contributed by atoms with E-state index in [0.29, 0.717) is 12.2 Å². The van der Waals surface area contributed by atoms with E-state index in [1.807, 2.05) is 0 Å². The van der Waals surface area contributed by atoms with Crippen LogP contribution in [0.5, 0.6) is 0 Å². The van der Waals surface area contributed by atoms with Gasteiger partial charge in [0.05, 0.1) is 0 Å². The maximum absolute atomic E-state index is 6.48. The molecular weight excluding hydrogens is 376 g/mol. The quantitative estimate of drug-likeness (QED) is 0.526. The first-order valence-corrected chi connectivity index (χ1v) is 14.3. The number of hydrogen-bond donors (Lipinski definition) is 0. The van der Waals surface area contributed by atoms with E-state index in [1.54, 1.807) is 0 Å². The molecule has 0 bridgehead atoms. The molecule has 0 aromatic heterocycles. The fraction of sp³-hybridized carbons (Fsp3) is 0.333. The predicted molar refractivity (Wildman–Crippen MR) is 123 cm³/mol. The fourth-order valence-corrected chi connectivity index (χ4v) is 7.62. The van der Waals surface area contributed by atoms with Crippen molar-refractivity contribution < 1.29 is 8.85 Å². The van der Waals surface area contributed by atoms with Crippen LogP contribution in [0.1, 0.15) is 36.8 Å². The second-order valence-electron chi connectivity index (χ2n) is 7.60. The lowest BCUT2D eigenvalue weighted by atomic mass is 9.95. The molecule has 0 amide bonds. The van der Waals surface area contributed by atoms with E-state index in [9.17, 15) is 0 Å². The number of hydrogen-bond acceptors (Lipinski definition) is 2. The summed E-state index contributed by atoms with van der Waals surface area (Å²) in [4.78, 5) is 0. The molecule has 148 valence electrons. The predicted octanol–water partition coefficient (Wildman–Crippen LogP) is 4.79. The second-order valence-corrected chi connectivity index (χ2v) is 12.1. The highest BCUT2D eigenvalue weighted by Gasteiger charge is 2.26. The van der Waals surface area contributed by atoms with Crippen LogP contribution in [0.4, 0.5) is 0 Å². The van der Waals surface area contributed by atoms with Crippen molar-refractivity contribution in [2.45, 2.75) is 50.0 Å². The Hall–Kier alpha value is -1.73. The summed E-state index contributed by atoms with van der Waals surface area (Å²) >= 11 is 0. The molecule has 0 aliphatic heterocycles. The summed E-state index contributed by atoms with van der Waals surface area (Å²) in [6, 6.07) is 23.3. The number of benzene rings is 2. The summed E-state index contributed by atoms with van der Waals surface area (Å²) in [5.74, 6) is 0. The topological polar surface area (TPSA) is 18.5 Å². The van der Waals surface area contributed by atoms with Gasteiger partial charge in [-0.25, -0.2) is 0 Å². The van der Waals surface area contributed by atoms with Crippen LogP contribution in [0, 0.1) is 0 Å². The summed E-state index contributed by atoms with van der Waals surface area (Å²) in [6.07, 6.45) is 5.13. The van der Waals surface area contributed by atoms with Gasteiger partial charge in [-0.1, -0.05) is 72.1 Å². The molecule has 1 fully saturated rings. The Morgan fingerprint density at radius 3 is 1.36 bits per heavy atom. The minimum atomic E-state index is -1.40. The molecular formula is C24H32O2Si2. The highest BCUT2D eigenvalue weighted by Crippen LogP contribution is 2.25. The maximum Gasteiger partial charge on any atom is 0.205 e. The Morgan fingerprint density at radius 2 is 1.04 bits per heavy atom. The van der Waals surface area contributed by atoms with E-state index in [-0.39, 0.29) is 0 Å². The summed E-state index contributed by atoms with van der Waals surface area (Å²) in [7, 11) is -2.80. The van der Waals surface area contributed by atoms with E-state index in [1.165, 1.54) is 11.1 Å². The van der Waals surface area contributed by atoms with Crippen LogP contribution in [0.3, 0.4) is 0 Å². The van der Waals surface area contributed by atoms with Gasteiger partial charge in [0.2, 0.25) is 18.1 Å². The molecule has 28 heavy (non-hydrogen) atoms. The van der Waals surface area contributed by atoms with Gasteiger partial charge in [-0.15, -0.1) is 13.2 Å². The van der Waals surface area contributed by atoms with Crippen molar-refractivity contribution in [1.29, 1.82) is 0 Å². The van der Waals surface area contributed by atoms with E-state index in [0.717, 1.165) is 37.8 Å². The molecule has 1 aliphatic carbocycles. The van der Waals surface area contributed by atoms with Crippen molar-refractivity contribution in [3.05, 3.63) is 96.3 Å². The van der Waals surface area contributed by atoms with Gasteiger partial charge in [0, 0.05) is 12.2 Å². The zero-order valence-corrected chi connectivity index (χ0v) is 19.0. The first kappa shape index (κ1) is 21.0. The Kier molecular flexibility index (Phi) is 8.49. The van der Waals surface area contributed by atoms with E-state index in [4.69, 9.17) is 8.85 Å². The van der Waals surface area contributed by atoms with Gasteiger partial charge >= 0.3 is 0 Å². The van der Waals surface area contributed by atoms with Crippen molar-refractivity contribution in [2.75, 3.05) is 0 Å². The normalized spacial score (nSPS) is 21.6. The van der Waals surface area contributed by atoms with Crippen molar-refractivity contribution in [3.8, 4) is 0 Å². The maximum atomic E-state index is 6.48. The minimum absolute atomic E-state index is 0.371. The van der Waals surface area contributed by atoms with Gasteiger partial charge in [0.1, 0.15) is 0 Å². The second kappa shape index (κ2) is 11.3. The third-order valence-electron chi connectivity index (χ3n) is 5.44. The lowest BCUT2D eigenvalue weighted by molar-refractivity contribution is 0.0799. The zero-order chi connectivity index (χ0) is 19.6. The van der Waals surface area contributed by atoms with E-state index in [2.05, 4.69) is 85.2 Å². The van der Waals surface area contributed by atoms with Crippen LogP contribution in [0.25, 0.3) is 0 Å². The molecule has 1 saturated carbocycles. The summed E-state index contributed by atoms with van der Waals surface area (Å²) in [5.41, 5.74) is 6.88. The van der Waals surface area contributed by atoms with Crippen LogP contribution in [0.15, 0.2) is 85.2 Å². The van der Waals surface area contributed by atoms with Crippen LogP contribution in [0.2, 0.25) is 0 Å². The molecule has 2 unspecified atom stereocenters. The molecule has 2 aromatic rings. The van der Waals surface area contributed by atoms with Gasteiger partial charge in [0.15, 0.2) is 0 Å². The largest absolute Gasteiger partial charge is 0.413 e. The van der Waals surface area contributed by atoms with E-state index >= 15 is 0 Å². The SMILES string of the molecule is C=C[SiH](Cc1ccccc1)OC1CCC(O[SiH](C=C)Cc2ccccc2)CC1. The Balaban J connectivity index is 1.43. The van der Waals surface area contributed by atoms with Crippen molar-refractivity contribution >= 4 is 18.1 Å². The van der Waals surface area contributed by atoms with Crippen LogP contribution in [-0.4, -0.2) is 30.3 Å². The fourth-order valence-electron chi connectivity index (χ4n) is 3.87. The third kappa shape index (κ3) is 6.71. The lowest BCUT2D eigenvalue weighted by Crippen LogP contribution is -2.35. The minimum Gasteiger partial charge on any atom is -0.413 e. The molecule has 0 radical (unpaired) electrons. The first-order valence-electron chi connectivity index (χ1n) is 10.4. The highest BCUT2D eigenvalue weighted by molar-refractivity contribution is 6.57. The molecule has 4 heteroatoms. The highest BCUT2D eigenvalue weighted by atomic mass is 28.3. The third-order valence-corrected chi connectivity index (χ3v) is 9.71. The van der Waals surface area contributed by atoms with Gasteiger partial charge in [-0.3, -0.25) is 0 Å². The molecule has 0 N–H and O–H groups in total. The lowest BCUT2D eigenvalue weighted by Gasteiger charge is -2.32. The zero-order valence-electron chi connectivity index (χ0n) is 16.7. The van der Waals surface area contributed by atoms with Gasteiger partial charge in [0.25, 0.3) is 0 Å². The van der Waals surface area contributed by atoms with E-state index < -0.39 is 18.1 Å². The molecule has 3 rings (SSSR count). The van der Waals surface area contributed by atoms with Gasteiger partial charge in [-0.05, 0) is 48.9 Å². The molecule has 0 heterocycles. The number of rotatable bonds is 10.